The van der Waals surface area contributed by atoms with Crippen molar-refractivity contribution in [1.82, 2.24) is 9.88 Å². The summed E-state index contributed by atoms with van der Waals surface area (Å²) in [6, 6.07) is 0.760. The number of rotatable bonds is 6. The van der Waals surface area contributed by atoms with Gasteiger partial charge in [-0.1, -0.05) is 6.42 Å². The number of methoxy groups -OCH3 is 1. The average Bonchev–Trinajstić information content (AvgIpc) is 2.82. The van der Waals surface area contributed by atoms with Gasteiger partial charge in [0.15, 0.2) is 0 Å². The maximum Gasteiger partial charge on any atom is 0.0945 e. The third-order valence-electron chi connectivity index (χ3n) is 4.02. The molecule has 4 nitrogen and oxygen atoms in total. The summed E-state index contributed by atoms with van der Waals surface area (Å²) in [5, 5.41) is 1.20. The van der Waals surface area contributed by atoms with Crippen LogP contribution in [-0.4, -0.2) is 36.1 Å². The third-order valence-corrected chi connectivity index (χ3v) is 5.38. The minimum absolute atomic E-state index is 0.0420. The SMILES string of the molecule is COCc1nc(CCN2CCCCC2C)sc1C(C)N. The van der Waals surface area contributed by atoms with Crippen molar-refractivity contribution in [2.24, 2.45) is 5.73 Å². The highest BCUT2D eigenvalue weighted by Crippen LogP contribution is 2.26. The molecule has 20 heavy (non-hydrogen) atoms. The Hall–Kier alpha value is -0.490. The molecule has 1 aromatic heterocycles. The Balaban J connectivity index is 1.96. The molecule has 0 bridgehead atoms. The molecule has 1 aromatic rings. The standard InChI is InChI=1S/C15H27N3OS/c1-11-6-4-5-8-18(11)9-7-14-17-13(10-19-3)15(20-14)12(2)16/h11-12H,4-10,16H2,1-3H3. The zero-order chi connectivity index (χ0) is 14.5. The highest BCUT2D eigenvalue weighted by Gasteiger charge is 2.19. The Morgan fingerprint density at radius 2 is 2.30 bits per heavy atom. The van der Waals surface area contributed by atoms with E-state index in [-0.39, 0.29) is 6.04 Å². The van der Waals surface area contributed by atoms with E-state index in [1.807, 2.05) is 6.92 Å². The third kappa shape index (κ3) is 4.01. The van der Waals surface area contributed by atoms with Gasteiger partial charge in [-0.15, -0.1) is 11.3 Å². The summed E-state index contributed by atoms with van der Waals surface area (Å²) in [7, 11) is 1.71. The largest absolute Gasteiger partial charge is 0.378 e. The number of hydrogen-bond acceptors (Lipinski definition) is 5. The maximum atomic E-state index is 6.02. The Morgan fingerprint density at radius 3 is 2.95 bits per heavy atom. The molecule has 0 spiro atoms. The van der Waals surface area contributed by atoms with E-state index in [9.17, 15) is 0 Å². The van der Waals surface area contributed by atoms with Crippen molar-refractivity contribution < 1.29 is 4.74 Å². The summed E-state index contributed by atoms with van der Waals surface area (Å²) in [5.41, 5.74) is 7.05. The molecule has 2 rings (SSSR count). The van der Waals surface area contributed by atoms with Crippen LogP contribution in [0.15, 0.2) is 0 Å². The zero-order valence-electron chi connectivity index (χ0n) is 12.9. The first-order valence-electron chi connectivity index (χ1n) is 7.59. The number of likely N-dealkylation sites (tertiary alicyclic amines) is 1. The van der Waals surface area contributed by atoms with Gasteiger partial charge in [-0.2, -0.15) is 0 Å². The summed E-state index contributed by atoms with van der Waals surface area (Å²) in [6.07, 6.45) is 5.07. The van der Waals surface area contributed by atoms with Crippen LogP contribution in [0, 0.1) is 0 Å². The molecule has 2 atom stereocenters. The molecule has 1 fully saturated rings. The average molecular weight is 297 g/mol. The van der Waals surface area contributed by atoms with E-state index in [2.05, 4.69) is 11.8 Å². The summed E-state index contributed by atoms with van der Waals surface area (Å²) in [5.74, 6) is 0. The van der Waals surface area contributed by atoms with E-state index in [1.165, 1.54) is 35.7 Å². The number of piperidine rings is 1. The summed E-state index contributed by atoms with van der Waals surface area (Å²) in [6.45, 7) is 7.26. The van der Waals surface area contributed by atoms with Gasteiger partial charge in [-0.05, 0) is 33.2 Å². The van der Waals surface area contributed by atoms with E-state index in [4.69, 9.17) is 15.5 Å². The van der Waals surface area contributed by atoms with Gasteiger partial charge in [-0.25, -0.2) is 4.98 Å². The van der Waals surface area contributed by atoms with Crippen LogP contribution >= 0.6 is 11.3 Å². The fourth-order valence-electron chi connectivity index (χ4n) is 2.85. The normalized spacial score (nSPS) is 22.1. The predicted molar refractivity (Wildman–Crippen MR) is 84.0 cm³/mol. The van der Waals surface area contributed by atoms with Gasteiger partial charge >= 0.3 is 0 Å². The topological polar surface area (TPSA) is 51.4 Å². The second kappa shape index (κ2) is 7.50. The molecule has 2 N–H and O–H groups in total. The Kier molecular flexibility index (Phi) is 5.96. The van der Waals surface area contributed by atoms with Gasteiger partial charge in [0, 0.05) is 37.0 Å². The molecule has 0 aliphatic carbocycles. The Morgan fingerprint density at radius 1 is 1.50 bits per heavy atom. The molecule has 5 heteroatoms. The Labute approximate surface area is 126 Å². The molecule has 1 saturated heterocycles. The van der Waals surface area contributed by atoms with Crippen LogP contribution < -0.4 is 5.73 Å². The number of nitrogens with two attached hydrogens (primary N) is 1. The van der Waals surface area contributed by atoms with E-state index in [1.54, 1.807) is 18.4 Å². The first-order valence-corrected chi connectivity index (χ1v) is 8.40. The Bertz CT molecular complexity index is 419. The monoisotopic (exact) mass is 297 g/mol. The number of aromatic nitrogens is 1. The lowest BCUT2D eigenvalue weighted by Crippen LogP contribution is -2.38. The smallest absolute Gasteiger partial charge is 0.0945 e. The van der Waals surface area contributed by atoms with Crippen LogP contribution in [0.3, 0.4) is 0 Å². The van der Waals surface area contributed by atoms with Crippen LogP contribution in [0.25, 0.3) is 0 Å². The highest BCUT2D eigenvalue weighted by molar-refractivity contribution is 7.11. The first-order chi connectivity index (χ1) is 9.61. The fraction of sp³-hybridized carbons (Fsp3) is 0.800. The molecule has 2 unspecified atom stereocenters. The van der Waals surface area contributed by atoms with E-state index in [0.29, 0.717) is 6.61 Å². The number of ether oxygens (including phenoxy) is 1. The molecule has 0 saturated carbocycles. The van der Waals surface area contributed by atoms with Gasteiger partial charge in [-0.3, -0.25) is 0 Å². The van der Waals surface area contributed by atoms with Crippen LogP contribution in [0.4, 0.5) is 0 Å². The molecule has 2 heterocycles. The van der Waals surface area contributed by atoms with Gasteiger partial charge < -0.3 is 15.4 Å². The van der Waals surface area contributed by atoms with Gasteiger partial charge in [0.2, 0.25) is 0 Å². The van der Waals surface area contributed by atoms with E-state index < -0.39 is 0 Å². The molecule has 114 valence electrons. The van der Waals surface area contributed by atoms with Crippen LogP contribution in [0.2, 0.25) is 0 Å². The highest BCUT2D eigenvalue weighted by atomic mass is 32.1. The fourth-order valence-corrected chi connectivity index (χ4v) is 3.86. The van der Waals surface area contributed by atoms with Crippen LogP contribution in [0.1, 0.15) is 54.7 Å². The van der Waals surface area contributed by atoms with Gasteiger partial charge in [0.25, 0.3) is 0 Å². The number of thiazole rings is 1. The second-order valence-electron chi connectivity index (χ2n) is 5.77. The zero-order valence-corrected chi connectivity index (χ0v) is 13.7. The number of hydrogen-bond donors (Lipinski definition) is 1. The first kappa shape index (κ1) is 15.9. The van der Waals surface area contributed by atoms with Crippen LogP contribution in [0.5, 0.6) is 0 Å². The summed E-state index contributed by atoms with van der Waals surface area (Å²) < 4.78 is 5.22. The van der Waals surface area contributed by atoms with Crippen LogP contribution in [-0.2, 0) is 17.8 Å². The van der Waals surface area contributed by atoms with Gasteiger partial charge in [0.05, 0.1) is 17.3 Å². The molecule has 1 aliphatic heterocycles. The van der Waals surface area contributed by atoms with Crippen molar-refractivity contribution >= 4 is 11.3 Å². The minimum atomic E-state index is 0.0420. The van der Waals surface area contributed by atoms with Crippen molar-refractivity contribution in [3.05, 3.63) is 15.6 Å². The van der Waals surface area contributed by atoms with E-state index >= 15 is 0 Å². The molecule has 1 aliphatic rings. The predicted octanol–water partition coefficient (Wildman–Crippen LogP) is 2.73. The quantitative estimate of drug-likeness (QED) is 0.877. The molecular weight excluding hydrogens is 270 g/mol. The molecule has 0 radical (unpaired) electrons. The molecule has 0 aromatic carbocycles. The lowest BCUT2D eigenvalue weighted by Gasteiger charge is -2.33. The van der Waals surface area contributed by atoms with E-state index in [0.717, 1.165) is 24.7 Å². The minimum Gasteiger partial charge on any atom is -0.378 e. The van der Waals surface area contributed by atoms with Crippen molar-refractivity contribution in [2.45, 2.75) is 58.2 Å². The molecule has 0 amide bonds. The summed E-state index contributed by atoms with van der Waals surface area (Å²) in [4.78, 5) is 8.48. The number of nitrogens with zero attached hydrogens (tertiary/aromatic N) is 2. The summed E-state index contributed by atoms with van der Waals surface area (Å²) >= 11 is 1.75. The van der Waals surface area contributed by atoms with Crippen molar-refractivity contribution in [3.63, 3.8) is 0 Å². The van der Waals surface area contributed by atoms with Crippen molar-refractivity contribution in [2.75, 3.05) is 20.2 Å². The van der Waals surface area contributed by atoms with Crippen molar-refractivity contribution in [1.29, 1.82) is 0 Å². The lowest BCUT2D eigenvalue weighted by atomic mass is 10.0. The second-order valence-corrected chi connectivity index (χ2v) is 6.89. The maximum absolute atomic E-state index is 6.02. The lowest BCUT2D eigenvalue weighted by molar-refractivity contribution is 0.162. The van der Waals surface area contributed by atoms with Gasteiger partial charge in [0.1, 0.15) is 0 Å². The molecular formula is C15H27N3OS. The van der Waals surface area contributed by atoms with Crippen molar-refractivity contribution in [3.8, 4) is 0 Å².